The summed E-state index contributed by atoms with van der Waals surface area (Å²) in [6.45, 7) is 1.33. The van der Waals surface area contributed by atoms with Crippen molar-refractivity contribution < 1.29 is 0 Å². The van der Waals surface area contributed by atoms with Gasteiger partial charge in [0.05, 0.1) is 4.34 Å². The van der Waals surface area contributed by atoms with E-state index in [0.29, 0.717) is 12.5 Å². The molecule has 0 fully saturated rings. The number of anilines is 1. The minimum Gasteiger partial charge on any atom is -0.343 e. The van der Waals surface area contributed by atoms with E-state index in [4.69, 9.17) is 17.3 Å². The quantitative estimate of drug-likeness (QED) is 0.924. The molecule has 0 saturated carbocycles. The fourth-order valence-electron chi connectivity index (χ4n) is 1.41. The highest BCUT2D eigenvalue weighted by molar-refractivity contribution is 7.19. The fourth-order valence-corrected chi connectivity index (χ4v) is 2.43. The second-order valence-electron chi connectivity index (χ2n) is 3.59. The normalized spacial score (nSPS) is 10.5. The number of aromatic nitrogens is 2. The molecule has 0 unspecified atom stereocenters. The molecule has 0 atom stereocenters. The first-order valence-corrected chi connectivity index (χ1v) is 6.39. The van der Waals surface area contributed by atoms with E-state index in [0.717, 1.165) is 21.3 Å². The highest BCUT2D eigenvalue weighted by atomic mass is 35.5. The highest BCUT2D eigenvalue weighted by Gasteiger charge is 2.05. The molecule has 0 spiro atoms. The van der Waals surface area contributed by atoms with E-state index in [1.54, 1.807) is 12.4 Å². The first kappa shape index (κ1) is 12.3. The Morgan fingerprint density at radius 3 is 2.59 bits per heavy atom. The summed E-state index contributed by atoms with van der Waals surface area (Å²) in [6, 6.07) is 3.84. The van der Waals surface area contributed by atoms with Gasteiger partial charge in [0.1, 0.15) is 0 Å². The van der Waals surface area contributed by atoms with Gasteiger partial charge >= 0.3 is 0 Å². The van der Waals surface area contributed by atoms with Crippen LogP contribution in [0.5, 0.6) is 0 Å². The van der Waals surface area contributed by atoms with Crippen molar-refractivity contribution in [2.75, 3.05) is 25.0 Å². The third-order valence-electron chi connectivity index (χ3n) is 2.30. The minimum absolute atomic E-state index is 0.585. The van der Waals surface area contributed by atoms with Crippen LogP contribution in [0.1, 0.15) is 0 Å². The lowest BCUT2D eigenvalue weighted by Crippen LogP contribution is -2.26. The Labute approximate surface area is 109 Å². The summed E-state index contributed by atoms with van der Waals surface area (Å²) < 4.78 is 0.768. The molecule has 0 saturated heterocycles. The van der Waals surface area contributed by atoms with E-state index in [1.807, 2.05) is 24.1 Å². The average molecular weight is 269 g/mol. The van der Waals surface area contributed by atoms with E-state index in [1.165, 1.54) is 11.3 Å². The van der Waals surface area contributed by atoms with Gasteiger partial charge < -0.3 is 10.6 Å². The first-order chi connectivity index (χ1) is 8.20. The Morgan fingerprint density at radius 2 is 2.06 bits per heavy atom. The van der Waals surface area contributed by atoms with Crippen LogP contribution in [0.4, 0.5) is 5.95 Å². The maximum Gasteiger partial charge on any atom is 0.225 e. The van der Waals surface area contributed by atoms with E-state index < -0.39 is 0 Å². The van der Waals surface area contributed by atoms with Gasteiger partial charge in [-0.3, -0.25) is 0 Å². The molecule has 90 valence electrons. The Kier molecular flexibility index (Phi) is 3.93. The lowest BCUT2D eigenvalue weighted by Gasteiger charge is -2.15. The first-order valence-electron chi connectivity index (χ1n) is 5.19. The van der Waals surface area contributed by atoms with E-state index in [2.05, 4.69) is 9.97 Å². The van der Waals surface area contributed by atoms with Crippen molar-refractivity contribution in [1.29, 1.82) is 0 Å². The predicted octanol–water partition coefficient (Wildman–Crippen LogP) is 2.25. The Hall–Kier alpha value is -1.17. The molecule has 0 aromatic carbocycles. The van der Waals surface area contributed by atoms with Gasteiger partial charge in [0, 0.05) is 43.0 Å². The van der Waals surface area contributed by atoms with Gasteiger partial charge in [0.15, 0.2) is 0 Å². The summed E-state index contributed by atoms with van der Waals surface area (Å²) in [5.74, 6) is 0.682. The molecule has 2 heterocycles. The zero-order valence-electron chi connectivity index (χ0n) is 9.43. The fraction of sp³-hybridized carbons (Fsp3) is 0.273. The van der Waals surface area contributed by atoms with Gasteiger partial charge in [-0.1, -0.05) is 11.6 Å². The predicted molar refractivity (Wildman–Crippen MR) is 72.7 cm³/mol. The lowest BCUT2D eigenvalue weighted by molar-refractivity contribution is 0.846. The smallest absolute Gasteiger partial charge is 0.225 e. The topological polar surface area (TPSA) is 55.0 Å². The van der Waals surface area contributed by atoms with Crippen molar-refractivity contribution in [3.05, 3.63) is 28.9 Å². The zero-order valence-corrected chi connectivity index (χ0v) is 11.0. The van der Waals surface area contributed by atoms with Crippen LogP contribution in [-0.2, 0) is 0 Å². The van der Waals surface area contributed by atoms with Crippen LogP contribution >= 0.6 is 22.9 Å². The van der Waals surface area contributed by atoms with Crippen molar-refractivity contribution in [3.63, 3.8) is 0 Å². The van der Waals surface area contributed by atoms with Gasteiger partial charge in [-0.25, -0.2) is 9.97 Å². The van der Waals surface area contributed by atoms with Gasteiger partial charge in [0.25, 0.3) is 0 Å². The van der Waals surface area contributed by atoms with Gasteiger partial charge in [-0.2, -0.15) is 0 Å². The molecule has 4 nitrogen and oxygen atoms in total. The molecular formula is C11H13ClN4S. The Bertz CT molecular complexity index is 482. The maximum absolute atomic E-state index is 5.89. The summed E-state index contributed by atoms with van der Waals surface area (Å²) >= 11 is 7.41. The van der Waals surface area contributed by atoms with Crippen LogP contribution in [-0.4, -0.2) is 30.1 Å². The molecule has 0 amide bonds. The van der Waals surface area contributed by atoms with Gasteiger partial charge in [-0.15, -0.1) is 11.3 Å². The van der Waals surface area contributed by atoms with Crippen LogP contribution in [0.15, 0.2) is 24.5 Å². The molecule has 2 aromatic rings. The second-order valence-corrected chi connectivity index (χ2v) is 5.30. The van der Waals surface area contributed by atoms with Crippen molar-refractivity contribution in [2.45, 2.75) is 0 Å². The molecular weight excluding hydrogens is 256 g/mol. The largest absolute Gasteiger partial charge is 0.343 e. The molecule has 17 heavy (non-hydrogen) atoms. The third kappa shape index (κ3) is 2.94. The van der Waals surface area contributed by atoms with Crippen LogP contribution in [0.25, 0.3) is 10.4 Å². The summed E-state index contributed by atoms with van der Waals surface area (Å²) in [5, 5.41) is 0. The zero-order chi connectivity index (χ0) is 12.3. The maximum atomic E-state index is 5.89. The summed E-state index contributed by atoms with van der Waals surface area (Å²) in [7, 11) is 1.92. The molecule has 6 heteroatoms. The average Bonchev–Trinajstić information content (AvgIpc) is 2.76. The number of likely N-dealkylation sites (N-methyl/N-ethyl adjacent to an activating group) is 1. The molecule has 0 aliphatic heterocycles. The summed E-state index contributed by atoms with van der Waals surface area (Å²) in [6.07, 6.45) is 3.61. The van der Waals surface area contributed by atoms with E-state index in [-0.39, 0.29) is 0 Å². The van der Waals surface area contributed by atoms with Crippen molar-refractivity contribution in [3.8, 4) is 10.4 Å². The molecule has 0 aliphatic rings. The van der Waals surface area contributed by atoms with Crippen LogP contribution < -0.4 is 10.6 Å². The van der Waals surface area contributed by atoms with Crippen LogP contribution in [0.3, 0.4) is 0 Å². The molecule has 0 aliphatic carbocycles. The molecule has 2 rings (SSSR count). The van der Waals surface area contributed by atoms with E-state index >= 15 is 0 Å². The monoisotopic (exact) mass is 268 g/mol. The minimum atomic E-state index is 0.585. The SMILES string of the molecule is CN(CCN)c1ncc(-c2ccc(Cl)s2)cn1. The number of nitrogens with zero attached hydrogens (tertiary/aromatic N) is 3. The van der Waals surface area contributed by atoms with Gasteiger partial charge in [-0.05, 0) is 12.1 Å². The third-order valence-corrected chi connectivity index (χ3v) is 3.58. The highest BCUT2D eigenvalue weighted by Crippen LogP contribution is 2.30. The van der Waals surface area contributed by atoms with Gasteiger partial charge in [0.2, 0.25) is 5.95 Å². The van der Waals surface area contributed by atoms with E-state index in [9.17, 15) is 0 Å². The molecule has 2 N–H and O–H groups in total. The van der Waals surface area contributed by atoms with Crippen LogP contribution in [0, 0.1) is 0 Å². The standard InChI is InChI=1S/C11H13ClN4S/c1-16(5-4-13)11-14-6-8(7-15-11)9-2-3-10(12)17-9/h2-3,6-7H,4-5,13H2,1H3. The summed E-state index contributed by atoms with van der Waals surface area (Å²) in [5.41, 5.74) is 6.46. The second kappa shape index (κ2) is 5.44. The number of thiophene rings is 1. The number of hydrogen-bond acceptors (Lipinski definition) is 5. The number of hydrogen-bond donors (Lipinski definition) is 1. The Morgan fingerprint density at radius 1 is 1.35 bits per heavy atom. The van der Waals surface area contributed by atoms with Crippen molar-refractivity contribution >= 4 is 28.9 Å². The lowest BCUT2D eigenvalue weighted by atomic mass is 10.3. The van der Waals surface area contributed by atoms with Crippen LogP contribution in [0.2, 0.25) is 4.34 Å². The van der Waals surface area contributed by atoms with Crippen molar-refractivity contribution in [1.82, 2.24) is 9.97 Å². The molecule has 0 bridgehead atoms. The van der Waals surface area contributed by atoms with Crippen molar-refractivity contribution in [2.24, 2.45) is 5.73 Å². The summed E-state index contributed by atoms with van der Waals surface area (Å²) in [4.78, 5) is 11.6. The molecule has 0 radical (unpaired) electrons. The number of halogens is 1. The number of nitrogens with two attached hydrogens (primary N) is 1. The Balaban J connectivity index is 2.18. The number of rotatable bonds is 4. The molecule has 2 aromatic heterocycles.